The molecule has 1 unspecified atom stereocenters. The van der Waals surface area contributed by atoms with E-state index in [4.69, 9.17) is 9.84 Å². The summed E-state index contributed by atoms with van der Waals surface area (Å²) in [6, 6.07) is -0.859. The van der Waals surface area contributed by atoms with Crippen LogP contribution in [0, 0.1) is 0 Å². The number of amides is 1. The highest BCUT2D eigenvalue weighted by Crippen LogP contribution is 2.14. The van der Waals surface area contributed by atoms with Crippen LogP contribution in [0.5, 0.6) is 0 Å². The number of morpholine rings is 1. The van der Waals surface area contributed by atoms with E-state index < -0.39 is 17.9 Å². The summed E-state index contributed by atoms with van der Waals surface area (Å²) in [5.41, 5.74) is 0.288. The van der Waals surface area contributed by atoms with Crippen molar-refractivity contribution in [2.75, 3.05) is 26.3 Å². The highest BCUT2D eigenvalue weighted by atomic mass is 32.1. The highest BCUT2D eigenvalue weighted by molar-refractivity contribution is 7.09. The third-order valence-corrected chi connectivity index (χ3v) is 4.26. The summed E-state index contributed by atoms with van der Waals surface area (Å²) >= 11 is 1.42. The monoisotopic (exact) mass is 327 g/mol. The Balaban J connectivity index is 1.91. The zero-order chi connectivity index (χ0) is 15.9. The molecule has 0 saturated carbocycles. The number of hydrogen-bond acceptors (Lipinski definition) is 6. The van der Waals surface area contributed by atoms with Crippen molar-refractivity contribution in [2.24, 2.45) is 0 Å². The number of hydrogen-bond donors (Lipinski definition) is 2. The standard InChI is InChI=1S/C14H21N3O4S/c1-2-3-10(14(19)20)16-13(18)11-9-22-12(15-11)8-17-4-6-21-7-5-17/h9-10H,2-8H2,1H3,(H,16,18)(H,19,20). The number of nitrogens with one attached hydrogen (secondary N) is 1. The van der Waals surface area contributed by atoms with E-state index in [-0.39, 0.29) is 5.69 Å². The number of aromatic nitrogens is 1. The molecule has 0 bridgehead atoms. The minimum absolute atomic E-state index is 0.288. The number of carboxylic acids is 1. The lowest BCUT2D eigenvalue weighted by Crippen LogP contribution is -2.40. The Hall–Kier alpha value is -1.51. The van der Waals surface area contributed by atoms with Crippen LogP contribution in [0.25, 0.3) is 0 Å². The number of carbonyl (C=O) groups excluding carboxylic acids is 1. The molecule has 1 fully saturated rings. The van der Waals surface area contributed by atoms with Crippen molar-refractivity contribution in [3.05, 3.63) is 16.1 Å². The first kappa shape index (κ1) is 16.9. The number of carbonyl (C=O) groups is 2. The average molecular weight is 327 g/mol. The third kappa shape index (κ3) is 4.75. The summed E-state index contributed by atoms with van der Waals surface area (Å²) < 4.78 is 5.29. The minimum atomic E-state index is -1.01. The molecule has 7 nitrogen and oxygen atoms in total. The molecule has 0 aromatic carbocycles. The topological polar surface area (TPSA) is 91.8 Å². The second-order valence-corrected chi connectivity index (χ2v) is 6.11. The summed E-state index contributed by atoms with van der Waals surface area (Å²) in [5.74, 6) is -1.44. The Labute approximate surface area is 133 Å². The second kappa shape index (κ2) is 8.21. The number of aliphatic carboxylic acids is 1. The molecule has 22 heavy (non-hydrogen) atoms. The average Bonchev–Trinajstić information content (AvgIpc) is 2.96. The maximum absolute atomic E-state index is 12.1. The van der Waals surface area contributed by atoms with Crippen molar-refractivity contribution in [2.45, 2.75) is 32.4 Å². The molecule has 0 radical (unpaired) electrons. The van der Waals surface area contributed by atoms with Crippen molar-refractivity contribution in [1.29, 1.82) is 0 Å². The largest absolute Gasteiger partial charge is 0.480 e. The molecular weight excluding hydrogens is 306 g/mol. The van der Waals surface area contributed by atoms with Gasteiger partial charge in [-0.2, -0.15) is 0 Å². The first-order valence-electron chi connectivity index (χ1n) is 7.38. The molecule has 1 aromatic rings. The van der Waals surface area contributed by atoms with Crippen LogP contribution in [0.4, 0.5) is 0 Å². The predicted octanol–water partition coefficient (Wildman–Crippen LogP) is 0.958. The zero-order valence-electron chi connectivity index (χ0n) is 12.6. The molecule has 1 aliphatic rings. The maximum Gasteiger partial charge on any atom is 0.326 e. The molecule has 1 aromatic heterocycles. The molecule has 2 N–H and O–H groups in total. The highest BCUT2D eigenvalue weighted by Gasteiger charge is 2.21. The van der Waals surface area contributed by atoms with Crippen LogP contribution >= 0.6 is 11.3 Å². The van der Waals surface area contributed by atoms with E-state index in [9.17, 15) is 9.59 Å². The van der Waals surface area contributed by atoms with E-state index in [0.717, 1.165) is 31.3 Å². The predicted molar refractivity (Wildman–Crippen MR) is 82.0 cm³/mol. The Morgan fingerprint density at radius 2 is 2.23 bits per heavy atom. The van der Waals surface area contributed by atoms with Crippen molar-refractivity contribution < 1.29 is 19.4 Å². The van der Waals surface area contributed by atoms with Gasteiger partial charge in [-0.25, -0.2) is 9.78 Å². The number of thiazole rings is 1. The van der Waals surface area contributed by atoms with E-state index in [0.29, 0.717) is 19.4 Å². The minimum Gasteiger partial charge on any atom is -0.480 e. The van der Waals surface area contributed by atoms with E-state index >= 15 is 0 Å². The van der Waals surface area contributed by atoms with Gasteiger partial charge in [0.25, 0.3) is 5.91 Å². The van der Waals surface area contributed by atoms with Gasteiger partial charge in [0.15, 0.2) is 0 Å². The van der Waals surface area contributed by atoms with Gasteiger partial charge >= 0.3 is 5.97 Å². The fourth-order valence-corrected chi connectivity index (χ4v) is 3.03. The summed E-state index contributed by atoms with van der Waals surface area (Å²) in [6.07, 6.45) is 1.10. The number of nitrogens with zero attached hydrogens (tertiary/aromatic N) is 2. The molecule has 2 rings (SSSR count). The van der Waals surface area contributed by atoms with Gasteiger partial charge < -0.3 is 15.2 Å². The van der Waals surface area contributed by atoms with Crippen molar-refractivity contribution in [3.63, 3.8) is 0 Å². The van der Waals surface area contributed by atoms with E-state index in [2.05, 4.69) is 15.2 Å². The van der Waals surface area contributed by atoms with Gasteiger partial charge in [-0.1, -0.05) is 13.3 Å². The maximum atomic E-state index is 12.1. The second-order valence-electron chi connectivity index (χ2n) is 5.17. The molecule has 1 saturated heterocycles. The fraction of sp³-hybridized carbons (Fsp3) is 0.643. The molecular formula is C14H21N3O4S. The smallest absolute Gasteiger partial charge is 0.326 e. The molecule has 0 spiro atoms. The van der Waals surface area contributed by atoms with Crippen molar-refractivity contribution in [1.82, 2.24) is 15.2 Å². The van der Waals surface area contributed by atoms with Crippen molar-refractivity contribution in [3.8, 4) is 0 Å². The Morgan fingerprint density at radius 3 is 2.86 bits per heavy atom. The van der Waals surface area contributed by atoms with Crippen LogP contribution in [-0.2, 0) is 16.1 Å². The fourth-order valence-electron chi connectivity index (χ4n) is 2.22. The molecule has 1 aliphatic heterocycles. The van der Waals surface area contributed by atoms with Gasteiger partial charge in [0.2, 0.25) is 0 Å². The van der Waals surface area contributed by atoms with Crippen LogP contribution in [0.15, 0.2) is 5.38 Å². The first-order chi connectivity index (χ1) is 10.6. The lowest BCUT2D eigenvalue weighted by atomic mass is 10.1. The Morgan fingerprint density at radius 1 is 1.50 bits per heavy atom. The zero-order valence-corrected chi connectivity index (χ0v) is 13.4. The van der Waals surface area contributed by atoms with Gasteiger partial charge in [-0.05, 0) is 6.42 Å². The quantitative estimate of drug-likeness (QED) is 0.775. The lowest BCUT2D eigenvalue weighted by molar-refractivity contribution is -0.139. The Bertz CT molecular complexity index is 514. The van der Waals surface area contributed by atoms with Crippen LogP contribution < -0.4 is 5.32 Å². The van der Waals surface area contributed by atoms with Gasteiger partial charge in [0.05, 0.1) is 19.8 Å². The van der Waals surface area contributed by atoms with Crippen LogP contribution in [-0.4, -0.2) is 59.2 Å². The van der Waals surface area contributed by atoms with Crippen LogP contribution in [0.3, 0.4) is 0 Å². The molecule has 1 atom stereocenters. The summed E-state index contributed by atoms with van der Waals surface area (Å²) in [7, 11) is 0. The summed E-state index contributed by atoms with van der Waals surface area (Å²) in [4.78, 5) is 29.7. The van der Waals surface area contributed by atoms with Gasteiger partial charge in [-0.15, -0.1) is 11.3 Å². The van der Waals surface area contributed by atoms with E-state index in [1.165, 1.54) is 11.3 Å². The summed E-state index contributed by atoms with van der Waals surface area (Å²) in [5, 5.41) is 14.1. The van der Waals surface area contributed by atoms with E-state index in [1.54, 1.807) is 5.38 Å². The Kier molecular flexibility index (Phi) is 6.29. The summed E-state index contributed by atoms with van der Waals surface area (Å²) in [6.45, 7) is 5.73. The number of ether oxygens (including phenoxy) is 1. The van der Waals surface area contributed by atoms with E-state index in [1.807, 2.05) is 6.92 Å². The van der Waals surface area contributed by atoms with Crippen molar-refractivity contribution >= 4 is 23.2 Å². The SMILES string of the molecule is CCCC(NC(=O)c1csc(CN2CCOCC2)n1)C(=O)O. The molecule has 122 valence electrons. The molecule has 1 amide bonds. The number of rotatable bonds is 7. The first-order valence-corrected chi connectivity index (χ1v) is 8.26. The molecule has 2 heterocycles. The number of carboxylic acid groups (broad SMARTS) is 1. The van der Waals surface area contributed by atoms with Gasteiger partial charge in [-0.3, -0.25) is 9.69 Å². The van der Waals surface area contributed by atoms with Gasteiger partial charge in [0.1, 0.15) is 16.7 Å². The third-order valence-electron chi connectivity index (χ3n) is 3.43. The normalized spacial score (nSPS) is 17.1. The molecule has 8 heteroatoms. The van der Waals surface area contributed by atoms with Crippen LogP contribution in [0.1, 0.15) is 35.3 Å². The van der Waals surface area contributed by atoms with Gasteiger partial charge in [0, 0.05) is 18.5 Å². The van der Waals surface area contributed by atoms with Crippen LogP contribution in [0.2, 0.25) is 0 Å². The molecule has 0 aliphatic carbocycles. The lowest BCUT2D eigenvalue weighted by Gasteiger charge is -2.25.